The van der Waals surface area contributed by atoms with Crippen LogP contribution < -0.4 is 5.32 Å². The van der Waals surface area contributed by atoms with Crippen LogP contribution in [-0.2, 0) is 0 Å². The van der Waals surface area contributed by atoms with Gasteiger partial charge in [-0.25, -0.2) is 0 Å². The molecule has 1 saturated carbocycles. The molecule has 2 unspecified atom stereocenters. The van der Waals surface area contributed by atoms with Crippen molar-refractivity contribution in [2.75, 3.05) is 6.54 Å². The molecule has 0 heterocycles. The monoisotopic (exact) mass is 169 g/mol. The van der Waals surface area contributed by atoms with Crippen LogP contribution in [-0.4, -0.2) is 12.6 Å². The van der Waals surface area contributed by atoms with E-state index >= 15 is 0 Å². The van der Waals surface area contributed by atoms with Crippen LogP contribution in [0.3, 0.4) is 0 Å². The predicted octanol–water partition coefficient (Wildman–Crippen LogP) is 2.95. The van der Waals surface area contributed by atoms with E-state index in [0.717, 1.165) is 18.5 Å². The summed E-state index contributed by atoms with van der Waals surface area (Å²) < 4.78 is 0. The highest BCUT2D eigenvalue weighted by Gasteiger charge is 2.22. The third-order valence-electron chi connectivity index (χ3n) is 3.00. The Hall–Kier alpha value is -0.0400. The summed E-state index contributed by atoms with van der Waals surface area (Å²) in [7, 11) is 0. The fourth-order valence-electron chi connectivity index (χ4n) is 2.30. The van der Waals surface area contributed by atoms with Crippen molar-refractivity contribution >= 4 is 0 Å². The zero-order valence-electron chi connectivity index (χ0n) is 8.60. The molecule has 72 valence electrons. The minimum absolute atomic E-state index is 0.844. The lowest BCUT2D eigenvalue weighted by Crippen LogP contribution is -2.25. The summed E-state index contributed by atoms with van der Waals surface area (Å²) >= 11 is 0. The van der Waals surface area contributed by atoms with Crippen molar-refractivity contribution in [2.45, 2.75) is 58.4 Å². The molecule has 0 radical (unpaired) electrons. The van der Waals surface area contributed by atoms with Crippen LogP contribution >= 0.6 is 0 Å². The van der Waals surface area contributed by atoms with Crippen LogP contribution in [0.15, 0.2) is 0 Å². The van der Waals surface area contributed by atoms with Gasteiger partial charge in [-0.15, -0.1) is 0 Å². The lowest BCUT2D eigenvalue weighted by atomic mass is 10.0. The van der Waals surface area contributed by atoms with Crippen molar-refractivity contribution in [1.82, 2.24) is 5.32 Å². The molecule has 0 aliphatic heterocycles. The van der Waals surface area contributed by atoms with Gasteiger partial charge in [0.2, 0.25) is 0 Å². The quantitative estimate of drug-likeness (QED) is 0.667. The van der Waals surface area contributed by atoms with Crippen LogP contribution in [0.2, 0.25) is 0 Å². The molecule has 1 rings (SSSR count). The second-order valence-electron chi connectivity index (χ2n) is 4.08. The van der Waals surface area contributed by atoms with Gasteiger partial charge in [0.25, 0.3) is 0 Å². The Bertz CT molecular complexity index is 112. The first kappa shape index (κ1) is 10.0. The van der Waals surface area contributed by atoms with Crippen molar-refractivity contribution in [3.05, 3.63) is 0 Å². The zero-order chi connectivity index (χ0) is 8.81. The summed E-state index contributed by atoms with van der Waals surface area (Å²) in [5.74, 6) is 1.04. The molecule has 1 aliphatic rings. The van der Waals surface area contributed by atoms with E-state index in [1.54, 1.807) is 0 Å². The highest BCUT2D eigenvalue weighted by Crippen LogP contribution is 2.29. The van der Waals surface area contributed by atoms with Gasteiger partial charge >= 0.3 is 0 Å². The maximum absolute atomic E-state index is 3.55. The third-order valence-corrected chi connectivity index (χ3v) is 3.00. The van der Waals surface area contributed by atoms with Gasteiger partial charge in [0, 0.05) is 6.04 Å². The summed E-state index contributed by atoms with van der Waals surface area (Å²) in [6, 6.07) is 0.844. The topological polar surface area (TPSA) is 12.0 Å². The van der Waals surface area contributed by atoms with E-state index in [0.29, 0.717) is 0 Å². The zero-order valence-corrected chi connectivity index (χ0v) is 8.60. The number of hydrogen-bond acceptors (Lipinski definition) is 1. The first-order chi connectivity index (χ1) is 5.86. The van der Waals surface area contributed by atoms with Crippen LogP contribution in [0, 0.1) is 5.92 Å². The van der Waals surface area contributed by atoms with E-state index in [1.807, 2.05) is 0 Å². The largest absolute Gasteiger partial charge is 0.314 e. The molecule has 1 aliphatic carbocycles. The molecule has 12 heavy (non-hydrogen) atoms. The summed E-state index contributed by atoms with van der Waals surface area (Å²) in [4.78, 5) is 0. The lowest BCUT2D eigenvalue weighted by Gasteiger charge is -2.11. The summed E-state index contributed by atoms with van der Waals surface area (Å²) in [5, 5.41) is 3.55. The number of rotatable bonds is 5. The van der Waals surface area contributed by atoms with E-state index in [1.165, 1.54) is 38.5 Å². The highest BCUT2D eigenvalue weighted by atomic mass is 14.9. The molecule has 0 aromatic heterocycles. The average Bonchev–Trinajstić information content (AvgIpc) is 2.50. The van der Waals surface area contributed by atoms with E-state index in [9.17, 15) is 0 Å². The number of nitrogens with one attached hydrogen (secondary N) is 1. The van der Waals surface area contributed by atoms with Crippen molar-refractivity contribution < 1.29 is 0 Å². The van der Waals surface area contributed by atoms with E-state index < -0.39 is 0 Å². The van der Waals surface area contributed by atoms with Gasteiger partial charge in [-0.2, -0.15) is 0 Å². The Morgan fingerprint density at radius 2 is 2.08 bits per heavy atom. The number of hydrogen-bond donors (Lipinski definition) is 1. The first-order valence-corrected chi connectivity index (χ1v) is 5.60. The van der Waals surface area contributed by atoms with Crippen molar-refractivity contribution in [3.8, 4) is 0 Å². The molecular weight excluding hydrogens is 146 g/mol. The Labute approximate surface area is 76.9 Å². The van der Waals surface area contributed by atoms with Gasteiger partial charge in [-0.05, 0) is 31.7 Å². The molecule has 0 bridgehead atoms. The van der Waals surface area contributed by atoms with Crippen molar-refractivity contribution in [3.63, 3.8) is 0 Å². The minimum Gasteiger partial charge on any atom is -0.314 e. The molecule has 1 fully saturated rings. The van der Waals surface area contributed by atoms with Crippen molar-refractivity contribution in [1.29, 1.82) is 0 Å². The average molecular weight is 169 g/mol. The van der Waals surface area contributed by atoms with Crippen LogP contribution in [0.5, 0.6) is 0 Å². The molecule has 0 amide bonds. The molecule has 1 nitrogen and oxygen atoms in total. The Kier molecular flexibility index (Phi) is 4.67. The van der Waals surface area contributed by atoms with Crippen LogP contribution in [0.25, 0.3) is 0 Å². The van der Waals surface area contributed by atoms with E-state index in [4.69, 9.17) is 0 Å². The van der Waals surface area contributed by atoms with Gasteiger partial charge in [0.15, 0.2) is 0 Å². The van der Waals surface area contributed by atoms with Crippen LogP contribution in [0.1, 0.15) is 52.4 Å². The van der Waals surface area contributed by atoms with Gasteiger partial charge in [-0.3, -0.25) is 0 Å². The smallest absolute Gasteiger partial charge is 0.00696 e. The van der Waals surface area contributed by atoms with E-state index in [2.05, 4.69) is 19.2 Å². The maximum atomic E-state index is 3.55. The summed E-state index contributed by atoms with van der Waals surface area (Å²) in [5.41, 5.74) is 0. The SMILES string of the molecule is CCCCC1CCC(NCC)C1. The van der Waals surface area contributed by atoms with Gasteiger partial charge in [0.1, 0.15) is 0 Å². The number of unbranched alkanes of at least 4 members (excludes halogenated alkanes) is 1. The molecule has 0 aromatic rings. The van der Waals surface area contributed by atoms with Gasteiger partial charge < -0.3 is 5.32 Å². The second kappa shape index (κ2) is 5.58. The predicted molar refractivity (Wildman–Crippen MR) is 54.3 cm³/mol. The lowest BCUT2D eigenvalue weighted by molar-refractivity contribution is 0.454. The fourth-order valence-corrected chi connectivity index (χ4v) is 2.30. The standard InChI is InChI=1S/C11H23N/c1-3-5-6-10-7-8-11(9-10)12-4-2/h10-12H,3-9H2,1-2H3. The van der Waals surface area contributed by atoms with Gasteiger partial charge in [0.05, 0.1) is 0 Å². The molecule has 0 aromatic carbocycles. The molecule has 2 atom stereocenters. The molecule has 0 spiro atoms. The Morgan fingerprint density at radius 1 is 1.25 bits per heavy atom. The maximum Gasteiger partial charge on any atom is 0.00696 e. The molecule has 1 heteroatoms. The molecule has 0 saturated heterocycles. The second-order valence-corrected chi connectivity index (χ2v) is 4.08. The van der Waals surface area contributed by atoms with Crippen molar-refractivity contribution in [2.24, 2.45) is 5.92 Å². The minimum atomic E-state index is 0.844. The summed E-state index contributed by atoms with van der Waals surface area (Å²) in [6.45, 7) is 5.64. The third kappa shape index (κ3) is 3.14. The Morgan fingerprint density at radius 3 is 2.75 bits per heavy atom. The molecule has 1 N–H and O–H groups in total. The highest BCUT2D eigenvalue weighted by molar-refractivity contribution is 4.79. The first-order valence-electron chi connectivity index (χ1n) is 5.60. The van der Waals surface area contributed by atoms with Gasteiger partial charge in [-0.1, -0.05) is 33.1 Å². The van der Waals surface area contributed by atoms with E-state index in [-0.39, 0.29) is 0 Å². The molecular formula is C11H23N. The normalized spacial score (nSPS) is 29.5. The van der Waals surface area contributed by atoms with Crippen LogP contribution in [0.4, 0.5) is 0 Å². The fraction of sp³-hybridized carbons (Fsp3) is 1.00. The summed E-state index contributed by atoms with van der Waals surface area (Å²) in [6.07, 6.45) is 8.60. The Balaban J connectivity index is 2.08.